The maximum absolute atomic E-state index is 5.85. The van der Waals surface area contributed by atoms with E-state index in [2.05, 4.69) is 25.9 Å². The molecule has 1 aliphatic carbocycles. The van der Waals surface area contributed by atoms with Gasteiger partial charge in [-0.1, -0.05) is 17.7 Å². The first-order valence-corrected chi connectivity index (χ1v) is 4.32. The standard InChI is InChI=1S/C7H4BrClN2/c8-6-3-10-5-2-1-4(9)7(5)11-6/h1,3H,2H2. The van der Waals surface area contributed by atoms with Crippen LogP contribution >= 0.6 is 27.5 Å². The van der Waals surface area contributed by atoms with Crippen LogP contribution in [0.15, 0.2) is 16.9 Å². The van der Waals surface area contributed by atoms with Crippen molar-refractivity contribution in [2.24, 2.45) is 0 Å². The first-order chi connectivity index (χ1) is 5.27. The Morgan fingerprint density at radius 1 is 1.55 bits per heavy atom. The lowest BCUT2D eigenvalue weighted by atomic mass is 10.3. The van der Waals surface area contributed by atoms with E-state index in [0.29, 0.717) is 5.03 Å². The van der Waals surface area contributed by atoms with Gasteiger partial charge in [-0.25, -0.2) is 4.98 Å². The van der Waals surface area contributed by atoms with Crippen LogP contribution in [0.1, 0.15) is 11.4 Å². The molecule has 0 amide bonds. The molecule has 0 radical (unpaired) electrons. The number of fused-ring (bicyclic) bond motifs is 1. The Bertz CT molecular complexity index is 335. The molecule has 1 aliphatic rings. The lowest BCUT2D eigenvalue weighted by Gasteiger charge is -1.97. The largest absolute Gasteiger partial charge is 0.256 e. The highest BCUT2D eigenvalue weighted by Gasteiger charge is 2.14. The molecule has 0 saturated carbocycles. The minimum atomic E-state index is 0.703. The van der Waals surface area contributed by atoms with E-state index in [1.54, 1.807) is 6.20 Å². The van der Waals surface area contributed by atoms with Crippen molar-refractivity contribution < 1.29 is 0 Å². The van der Waals surface area contributed by atoms with E-state index < -0.39 is 0 Å². The summed E-state index contributed by atoms with van der Waals surface area (Å²) in [5, 5.41) is 0.703. The quantitative estimate of drug-likeness (QED) is 0.685. The Labute approximate surface area is 77.4 Å². The molecule has 0 atom stereocenters. The Kier molecular flexibility index (Phi) is 1.69. The highest BCUT2D eigenvalue weighted by atomic mass is 79.9. The Morgan fingerprint density at radius 3 is 3.18 bits per heavy atom. The number of hydrogen-bond donors (Lipinski definition) is 0. The maximum atomic E-state index is 5.85. The summed E-state index contributed by atoms with van der Waals surface area (Å²) < 4.78 is 0.727. The second-order valence-corrected chi connectivity index (χ2v) is 3.46. The van der Waals surface area contributed by atoms with Crippen molar-refractivity contribution in [2.45, 2.75) is 6.42 Å². The van der Waals surface area contributed by atoms with E-state index >= 15 is 0 Å². The summed E-state index contributed by atoms with van der Waals surface area (Å²) >= 11 is 9.09. The second kappa shape index (κ2) is 2.57. The Balaban J connectivity index is 2.60. The van der Waals surface area contributed by atoms with E-state index in [9.17, 15) is 0 Å². The summed E-state index contributed by atoms with van der Waals surface area (Å²) in [7, 11) is 0. The number of hydrogen-bond acceptors (Lipinski definition) is 2. The zero-order valence-electron chi connectivity index (χ0n) is 5.51. The highest BCUT2D eigenvalue weighted by Crippen LogP contribution is 2.27. The first-order valence-electron chi connectivity index (χ1n) is 3.15. The number of aromatic nitrogens is 2. The Hall–Kier alpha value is -0.410. The molecule has 0 fully saturated rings. The molecule has 56 valence electrons. The summed E-state index contributed by atoms with van der Waals surface area (Å²) in [6, 6.07) is 0. The van der Waals surface area contributed by atoms with Crippen molar-refractivity contribution >= 4 is 32.6 Å². The molecule has 0 unspecified atom stereocenters. The van der Waals surface area contributed by atoms with Gasteiger partial charge in [0.15, 0.2) is 0 Å². The van der Waals surface area contributed by atoms with Crippen molar-refractivity contribution in [1.82, 2.24) is 9.97 Å². The van der Waals surface area contributed by atoms with Crippen LogP contribution in [0.2, 0.25) is 0 Å². The van der Waals surface area contributed by atoms with E-state index in [4.69, 9.17) is 11.6 Å². The number of rotatable bonds is 0. The summed E-state index contributed by atoms with van der Waals surface area (Å²) in [4.78, 5) is 8.35. The number of allylic oxidation sites excluding steroid dienone is 1. The van der Waals surface area contributed by atoms with Crippen LogP contribution in [0.5, 0.6) is 0 Å². The maximum Gasteiger partial charge on any atom is 0.125 e. The van der Waals surface area contributed by atoms with Gasteiger partial charge in [-0.3, -0.25) is 4.98 Å². The van der Waals surface area contributed by atoms with Gasteiger partial charge in [-0.2, -0.15) is 0 Å². The molecular weight excluding hydrogens is 227 g/mol. The predicted octanol–water partition coefficient (Wildman–Crippen LogP) is 2.37. The topological polar surface area (TPSA) is 25.8 Å². The average Bonchev–Trinajstić information content (AvgIpc) is 2.33. The smallest absolute Gasteiger partial charge is 0.125 e. The molecule has 0 spiro atoms. The normalized spacial score (nSPS) is 14.5. The molecule has 4 heteroatoms. The van der Waals surface area contributed by atoms with E-state index in [1.165, 1.54) is 0 Å². The van der Waals surface area contributed by atoms with Gasteiger partial charge in [-0.05, 0) is 15.9 Å². The summed E-state index contributed by atoms with van der Waals surface area (Å²) in [5.74, 6) is 0. The molecule has 2 nitrogen and oxygen atoms in total. The molecule has 0 saturated heterocycles. The van der Waals surface area contributed by atoms with Crippen molar-refractivity contribution in [3.05, 3.63) is 28.3 Å². The van der Waals surface area contributed by atoms with E-state index in [1.807, 2.05) is 6.08 Å². The third-order valence-electron chi connectivity index (χ3n) is 1.52. The van der Waals surface area contributed by atoms with Crippen LogP contribution < -0.4 is 0 Å². The highest BCUT2D eigenvalue weighted by molar-refractivity contribution is 9.10. The SMILES string of the molecule is ClC1=CCc2ncc(Br)nc21. The molecule has 1 heterocycles. The van der Waals surface area contributed by atoms with Gasteiger partial charge in [-0.15, -0.1) is 0 Å². The Morgan fingerprint density at radius 2 is 2.36 bits per heavy atom. The number of halogens is 2. The zero-order valence-corrected chi connectivity index (χ0v) is 7.85. The molecule has 0 bridgehead atoms. The lowest BCUT2D eigenvalue weighted by molar-refractivity contribution is 1.05. The van der Waals surface area contributed by atoms with Gasteiger partial charge in [0.2, 0.25) is 0 Å². The molecule has 2 rings (SSSR count). The molecule has 11 heavy (non-hydrogen) atoms. The van der Waals surface area contributed by atoms with Gasteiger partial charge >= 0.3 is 0 Å². The van der Waals surface area contributed by atoms with Gasteiger partial charge in [0.05, 0.1) is 16.9 Å². The minimum absolute atomic E-state index is 0.703. The molecule has 0 aliphatic heterocycles. The summed E-state index contributed by atoms with van der Waals surface area (Å²) in [6.07, 6.45) is 4.40. The third-order valence-corrected chi connectivity index (χ3v) is 2.24. The number of nitrogens with zero attached hydrogens (tertiary/aromatic N) is 2. The van der Waals surface area contributed by atoms with Crippen LogP contribution in [0.3, 0.4) is 0 Å². The van der Waals surface area contributed by atoms with E-state index in [-0.39, 0.29) is 0 Å². The van der Waals surface area contributed by atoms with Crippen LogP contribution in [0.4, 0.5) is 0 Å². The molecule has 1 aromatic rings. The summed E-state index contributed by atoms with van der Waals surface area (Å²) in [5.41, 5.74) is 1.76. The summed E-state index contributed by atoms with van der Waals surface area (Å²) in [6.45, 7) is 0. The van der Waals surface area contributed by atoms with Crippen LogP contribution in [-0.4, -0.2) is 9.97 Å². The van der Waals surface area contributed by atoms with Gasteiger partial charge in [0, 0.05) is 6.42 Å². The van der Waals surface area contributed by atoms with Gasteiger partial charge in [0.25, 0.3) is 0 Å². The van der Waals surface area contributed by atoms with Crippen molar-refractivity contribution in [2.75, 3.05) is 0 Å². The molecule has 0 aromatic carbocycles. The fraction of sp³-hybridized carbons (Fsp3) is 0.143. The van der Waals surface area contributed by atoms with Crippen molar-refractivity contribution in [3.63, 3.8) is 0 Å². The fourth-order valence-electron chi connectivity index (χ4n) is 1.02. The van der Waals surface area contributed by atoms with Crippen LogP contribution in [0.25, 0.3) is 5.03 Å². The van der Waals surface area contributed by atoms with Crippen LogP contribution in [-0.2, 0) is 6.42 Å². The lowest BCUT2D eigenvalue weighted by Crippen LogP contribution is -1.92. The van der Waals surface area contributed by atoms with Gasteiger partial charge < -0.3 is 0 Å². The van der Waals surface area contributed by atoms with Gasteiger partial charge in [0.1, 0.15) is 10.3 Å². The van der Waals surface area contributed by atoms with Crippen LogP contribution in [0, 0.1) is 0 Å². The van der Waals surface area contributed by atoms with Crippen molar-refractivity contribution in [3.8, 4) is 0 Å². The average molecular weight is 231 g/mol. The molecular formula is C7H4BrClN2. The fourth-order valence-corrected chi connectivity index (χ4v) is 1.52. The third kappa shape index (κ3) is 1.19. The second-order valence-electron chi connectivity index (χ2n) is 2.24. The predicted molar refractivity (Wildman–Crippen MR) is 47.3 cm³/mol. The van der Waals surface area contributed by atoms with E-state index in [0.717, 1.165) is 22.4 Å². The van der Waals surface area contributed by atoms with Crippen molar-refractivity contribution in [1.29, 1.82) is 0 Å². The zero-order chi connectivity index (χ0) is 7.84. The first kappa shape index (κ1) is 7.25. The minimum Gasteiger partial charge on any atom is -0.256 e. The molecule has 0 N–H and O–H groups in total. The monoisotopic (exact) mass is 230 g/mol. The molecule has 1 aromatic heterocycles.